The first-order valence-electron chi connectivity index (χ1n) is 10.4. The maximum atomic E-state index is 13.1. The summed E-state index contributed by atoms with van der Waals surface area (Å²) in [6.07, 6.45) is 3.47. The molecule has 156 valence electrons. The largest absolute Gasteiger partial charge is 0.337 e. The fourth-order valence-electron chi connectivity index (χ4n) is 3.92. The number of carbonyl (C=O) groups is 1. The van der Waals surface area contributed by atoms with E-state index in [4.69, 9.17) is 0 Å². The molecule has 0 bridgehead atoms. The number of aryl methyl sites for hydroxylation is 1. The number of benzene rings is 2. The Balaban J connectivity index is 1.30. The van der Waals surface area contributed by atoms with Crippen molar-refractivity contribution in [2.75, 3.05) is 31.1 Å². The number of fused-ring (bicyclic) bond motifs is 1. The van der Waals surface area contributed by atoms with E-state index in [1.165, 1.54) is 11.1 Å². The van der Waals surface area contributed by atoms with E-state index in [0.717, 1.165) is 11.0 Å². The van der Waals surface area contributed by atoms with Gasteiger partial charge in [0.15, 0.2) is 0 Å². The lowest BCUT2D eigenvalue weighted by molar-refractivity contribution is 0.0746. The predicted octanol–water partition coefficient (Wildman–Crippen LogP) is 2.54. The predicted molar refractivity (Wildman–Crippen MR) is 118 cm³/mol. The Bertz CT molecular complexity index is 1210. The molecular formula is C23H23N7O. The van der Waals surface area contributed by atoms with Crippen LogP contribution in [0.4, 0.5) is 5.95 Å². The van der Waals surface area contributed by atoms with Crippen LogP contribution in [0.25, 0.3) is 11.0 Å². The second kappa shape index (κ2) is 8.14. The highest BCUT2D eigenvalue weighted by atomic mass is 16.2. The molecule has 1 saturated heterocycles. The average Bonchev–Trinajstić information content (AvgIpc) is 3.23. The first kappa shape index (κ1) is 19.2. The van der Waals surface area contributed by atoms with Crippen molar-refractivity contribution in [2.24, 2.45) is 0 Å². The smallest absolute Gasteiger partial charge is 0.254 e. The maximum absolute atomic E-state index is 13.1. The van der Waals surface area contributed by atoms with Crippen molar-refractivity contribution in [3.63, 3.8) is 0 Å². The third kappa shape index (κ3) is 3.84. The second-order valence-electron chi connectivity index (χ2n) is 7.71. The van der Waals surface area contributed by atoms with Crippen molar-refractivity contribution in [3.8, 4) is 0 Å². The quantitative estimate of drug-likeness (QED) is 0.512. The molecule has 1 fully saturated rings. The Morgan fingerprint density at radius 2 is 1.74 bits per heavy atom. The fraction of sp³-hybridized carbons (Fsp3) is 0.261. The topological polar surface area (TPSA) is 80.0 Å². The fourth-order valence-corrected chi connectivity index (χ4v) is 3.92. The van der Waals surface area contributed by atoms with Gasteiger partial charge in [0.1, 0.15) is 5.52 Å². The Morgan fingerprint density at radius 1 is 0.968 bits per heavy atom. The van der Waals surface area contributed by atoms with Gasteiger partial charge in [-0.1, -0.05) is 29.5 Å². The minimum Gasteiger partial charge on any atom is -0.337 e. The van der Waals surface area contributed by atoms with Gasteiger partial charge in [0.05, 0.1) is 12.1 Å². The minimum absolute atomic E-state index is 0.0176. The van der Waals surface area contributed by atoms with Crippen LogP contribution in [0.5, 0.6) is 0 Å². The Hall–Kier alpha value is -3.81. The van der Waals surface area contributed by atoms with Crippen molar-refractivity contribution in [2.45, 2.75) is 13.5 Å². The SMILES string of the molecule is Cc1ccccc1Cn1nnc2cc(C(=O)N3CCN(c4ncccn4)CC3)ccc21. The summed E-state index contributed by atoms with van der Waals surface area (Å²) in [5.74, 6) is 0.727. The van der Waals surface area contributed by atoms with Gasteiger partial charge in [0.25, 0.3) is 5.91 Å². The molecule has 0 spiro atoms. The van der Waals surface area contributed by atoms with Crippen molar-refractivity contribution >= 4 is 22.9 Å². The van der Waals surface area contributed by atoms with Crippen LogP contribution in [0.15, 0.2) is 60.9 Å². The van der Waals surface area contributed by atoms with E-state index < -0.39 is 0 Å². The van der Waals surface area contributed by atoms with E-state index in [9.17, 15) is 4.79 Å². The summed E-state index contributed by atoms with van der Waals surface area (Å²) in [7, 11) is 0. The van der Waals surface area contributed by atoms with E-state index in [2.05, 4.69) is 44.2 Å². The second-order valence-corrected chi connectivity index (χ2v) is 7.71. The van der Waals surface area contributed by atoms with Gasteiger partial charge in [-0.2, -0.15) is 0 Å². The van der Waals surface area contributed by atoms with Crippen molar-refractivity contribution in [3.05, 3.63) is 77.6 Å². The van der Waals surface area contributed by atoms with Gasteiger partial charge in [-0.05, 0) is 42.3 Å². The number of piperazine rings is 1. The zero-order chi connectivity index (χ0) is 21.2. The molecule has 1 aliphatic rings. The number of hydrogen-bond donors (Lipinski definition) is 0. The van der Waals surface area contributed by atoms with Crippen molar-refractivity contribution in [1.29, 1.82) is 0 Å². The van der Waals surface area contributed by atoms with Crippen LogP contribution in [0, 0.1) is 6.92 Å². The zero-order valence-electron chi connectivity index (χ0n) is 17.3. The molecule has 0 saturated carbocycles. The van der Waals surface area contributed by atoms with Gasteiger partial charge < -0.3 is 9.80 Å². The summed E-state index contributed by atoms with van der Waals surface area (Å²) < 4.78 is 1.88. The van der Waals surface area contributed by atoms with Gasteiger partial charge in [0.2, 0.25) is 5.95 Å². The number of nitrogens with zero attached hydrogens (tertiary/aromatic N) is 7. The molecule has 8 heteroatoms. The molecule has 31 heavy (non-hydrogen) atoms. The summed E-state index contributed by atoms with van der Waals surface area (Å²) >= 11 is 0. The molecule has 0 atom stereocenters. The Kier molecular flexibility index (Phi) is 5.03. The first-order chi connectivity index (χ1) is 15.2. The zero-order valence-corrected chi connectivity index (χ0v) is 17.3. The lowest BCUT2D eigenvalue weighted by atomic mass is 10.1. The summed E-state index contributed by atoms with van der Waals surface area (Å²) in [6, 6.07) is 15.7. The molecule has 0 unspecified atom stereocenters. The summed E-state index contributed by atoms with van der Waals surface area (Å²) in [6.45, 7) is 5.44. The third-order valence-corrected chi connectivity index (χ3v) is 5.74. The molecule has 8 nitrogen and oxygen atoms in total. The highest BCUT2D eigenvalue weighted by Crippen LogP contribution is 2.19. The molecule has 0 aliphatic carbocycles. The summed E-state index contributed by atoms with van der Waals surface area (Å²) in [5.41, 5.74) is 4.72. The van der Waals surface area contributed by atoms with Crippen LogP contribution in [-0.4, -0.2) is 61.9 Å². The van der Waals surface area contributed by atoms with Gasteiger partial charge in [-0.3, -0.25) is 4.79 Å². The maximum Gasteiger partial charge on any atom is 0.254 e. The normalized spacial score (nSPS) is 14.2. The van der Waals surface area contributed by atoms with Crippen molar-refractivity contribution in [1.82, 2.24) is 29.9 Å². The molecule has 2 aromatic heterocycles. The summed E-state index contributed by atoms with van der Waals surface area (Å²) in [4.78, 5) is 25.6. The number of carbonyl (C=O) groups excluding carboxylic acids is 1. The van der Waals surface area contributed by atoms with Gasteiger partial charge in [-0.15, -0.1) is 5.10 Å². The molecule has 5 rings (SSSR count). The molecule has 0 N–H and O–H groups in total. The van der Waals surface area contributed by atoms with Crippen LogP contribution in [0.3, 0.4) is 0 Å². The van der Waals surface area contributed by atoms with Gasteiger partial charge in [-0.25, -0.2) is 14.6 Å². The lowest BCUT2D eigenvalue weighted by Crippen LogP contribution is -2.49. The monoisotopic (exact) mass is 413 g/mol. The number of aromatic nitrogens is 5. The molecule has 0 radical (unpaired) electrons. The molecule has 3 heterocycles. The Morgan fingerprint density at radius 3 is 2.52 bits per heavy atom. The summed E-state index contributed by atoms with van der Waals surface area (Å²) in [5, 5.41) is 8.61. The van der Waals surface area contributed by atoms with Gasteiger partial charge in [0, 0.05) is 44.1 Å². The van der Waals surface area contributed by atoms with E-state index in [0.29, 0.717) is 44.2 Å². The molecule has 4 aromatic rings. The molecule has 2 aromatic carbocycles. The number of rotatable bonds is 4. The van der Waals surface area contributed by atoms with E-state index >= 15 is 0 Å². The van der Waals surface area contributed by atoms with Crippen LogP contribution in [0.2, 0.25) is 0 Å². The molecular weight excluding hydrogens is 390 g/mol. The minimum atomic E-state index is 0.0176. The van der Waals surface area contributed by atoms with Crippen LogP contribution < -0.4 is 4.90 Å². The van der Waals surface area contributed by atoms with E-state index in [1.807, 2.05) is 39.9 Å². The highest BCUT2D eigenvalue weighted by molar-refractivity contribution is 5.97. The third-order valence-electron chi connectivity index (χ3n) is 5.74. The highest BCUT2D eigenvalue weighted by Gasteiger charge is 2.24. The van der Waals surface area contributed by atoms with E-state index in [1.54, 1.807) is 18.5 Å². The van der Waals surface area contributed by atoms with E-state index in [-0.39, 0.29) is 5.91 Å². The average molecular weight is 413 g/mol. The lowest BCUT2D eigenvalue weighted by Gasteiger charge is -2.34. The van der Waals surface area contributed by atoms with Gasteiger partial charge >= 0.3 is 0 Å². The molecule has 1 amide bonds. The number of hydrogen-bond acceptors (Lipinski definition) is 6. The Labute approximate surface area is 180 Å². The van der Waals surface area contributed by atoms with Crippen LogP contribution >= 0.6 is 0 Å². The van der Waals surface area contributed by atoms with Crippen LogP contribution in [0.1, 0.15) is 21.5 Å². The number of anilines is 1. The number of amides is 1. The van der Waals surface area contributed by atoms with Crippen LogP contribution in [-0.2, 0) is 6.54 Å². The first-order valence-corrected chi connectivity index (χ1v) is 10.4. The standard InChI is InChI=1S/C23H23N7O/c1-17-5-2-3-6-19(17)16-30-21-8-7-18(15-20(21)26-27-30)22(31)28-11-13-29(14-12-28)23-24-9-4-10-25-23/h2-10,15H,11-14,16H2,1H3. The molecule has 1 aliphatic heterocycles. The van der Waals surface area contributed by atoms with Crippen molar-refractivity contribution < 1.29 is 4.79 Å².